The van der Waals surface area contributed by atoms with Gasteiger partial charge in [-0.2, -0.15) is 0 Å². The third kappa shape index (κ3) is 3.76. The normalized spacial score (nSPS) is 12.9. The first kappa shape index (κ1) is 18.4. The van der Waals surface area contributed by atoms with Crippen molar-refractivity contribution >= 4 is 10.0 Å². The molecule has 1 N–H and O–H groups in total. The minimum absolute atomic E-state index is 0.00648. The Morgan fingerprint density at radius 1 is 1.04 bits per heavy atom. The van der Waals surface area contributed by atoms with Crippen LogP contribution in [0.5, 0.6) is 5.75 Å². The highest BCUT2D eigenvalue weighted by atomic mass is 32.2. The number of rotatable bonds is 5. The van der Waals surface area contributed by atoms with Crippen LogP contribution in [0.2, 0.25) is 0 Å². The number of methoxy groups -OCH3 is 1. The minimum atomic E-state index is -3.84. The maximum atomic E-state index is 13.8. The zero-order valence-electron chi connectivity index (χ0n) is 14.5. The standard InChI is InChI=1S/C18H22FNO3S/c1-11-8-13(3)16(9-12(11)2)14(4)20-24(21,22)15-6-7-18(23-5)17(19)10-15/h6-10,14,20H,1-5H3/t14-/m1/s1. The van der Waals surface area contributed by atoms with Gasteiger partial charge < -0.3 is 4.74 Å². The lowest BCUT2D eigenvalue weighted by atomic mass is 9.97. The lowest BCUT2D eigenvalue weighted by Crippen LogP contribution is -2.27. The van der Waals surface area contributed by atoms with Crippen molar-refractivity contribution in [2.75, 3.05) is 7.11 Å². The molecule has 6 heteroatoms. The molecule has 0 fully saturated rings. The topological polar surface area (TPSA) is 55.4 Å². The van der Waals surface area contributed by atoms with Gasteiger partial charge in [-0.05, 0) is 68.1 Å². The Labute approximate surface area is 142 Å². The molecule has 0 saturated heterocycles. The van der Waals surface area contributed by atoms with Crippen LogP contribution in [0.1, 0.15) is 35.2 Å². The van der Waals surface area contributed by atoms with Gasteiger partial charge in [-0.15, -0.1) is 0 Å². The molecular formula is C18H22FNO3S. The van der Waals surface area contributed by atoms with Crippen LogP contribution in [0.25, 0.3) is 0 Å². The van der Waals surface area contributed by atoms with E-state index in [-0.39, 0.29) is 10.6 Å². The van der Waals surface area contributed by atoms with Gasteiger partial charge >= 0.3 is 0 Å². The second-order valence-corrected chi connectivity index (χ2v) is 7.65. The maximum Gasteiger partial charge on any atom is 0.241 e. The van der Waals surface area contributed by atoms with Crippen LogP contribution in [0.4, 0.5) is 4.39 Å². The van der Waals surface area contributed by atoms with Gasteiger partial charge in [0, 0.05) is 6.04 Å². The number of aryl methyl sites for hydroxylation is 3. The van der Waals surface area contributed by atoms with Crippen LogP contribution in [0.15, 0.2) is 35.2 Å². The van der Waals surface area contributed by atoms with E-state index in [0.717, 1.165) is 28.3 Å². The summed E-state index contributed by atoms with van der Waals surface area (Å²) in [5.74, 6) is -0.706. The number of halogens is 1. The lowest BCUT2D eigenvalue weighted by Gasteiger charge is -2.18. The van der Waals surface area contributed by atoms with Crippen molar-refractivity contribution < 1.29 is 17.5 Å². The van der Waals surface area contributed by atoms with E-state index < -0.39 is 21.9 Å². The van der Waals surface area contributed by atoms with Crippen LogP contribution >= 0.6 is 0 Å². The molecule has 0 aliphatic heterocycles. The van der Waals surface area contributed by atoms with Gasteiger partial charge in [0.15, 0.2) is 11.6 Å². The van der Waals surface area contributed by atoms with Crippen molar-refractivity contribution in [3.8, 4) is 5.75 Å². The Morgan fingerprint density at radius 2 is 1.67 bits per heavy atom. The largest absolute Gasteiger partial charge is 0.494 e. The van der Waals surface area contributed by atoms with Crippen molar-refractivity contribution in [1.82, 2.24) is 4.72 Å². The quantitative estimate of drug-likeness (QED) is 0.891. The molecule has 0 amide bonds. The van der Waals surface area contributed by atoms with E-state index in [1.807, 2.05) is 32.9 Å². The highest BCUT2D eigenvalue weighted by Crippen LogP contribution is 2.25. The van der Waals surface area contributed by atoms with Crippen molar-refractivity contribution in [1.29, 1.82) is 0 Å². The number of ether oxygens (including phenoxy) is 1. The van der Waals surface area contributed by atoms with E-state index in [1.165, 1.54) is 19.2 Å². The first-order valence-corrected chi connectivity index (χ1v) is 9.07. The van der Waals surface area contributed by atoms with E-state index in [2.05, 4.69) is 4.72 Å². The molecule has 0 aromatic heterocycles. The number of nitrogens with one attached hydrogen (secondary N) is 1. The molecule has 0 spiro atoms. The zero-order chi connectivity index (χ0) is 18.1. The van der Waals surface area contributed by atoms with E-state index in [4.69, 9.17) is 4.74 Å². The second-order valence-electron chi connectivity index (χ2n) is 5.93. The van der Waals surface area contributed by atoms with Gasteiger partial charge in [-0.25, -0.2) is 17.5 Å². The minimum Gasteiger partial charge on any atom is -0.494 e. The van der Waals surface area contributed by atoms with E-state index in [9.17, 15) is 12.8 Å². The molecule has 0 heterocycles. The smallest absolute Gasteiger partial charge is 0.241 e. The highest BCUT2D eigenvalue weighted by Gasteiger charge is 2.21. The summed E-state index contributed by atoms with van der Waals surface area (Å²) in [6.07, 6.45) is 0. The fourth-order valence-corrected chi connectivity index (χ4v) is 3.86. The van der Waals surface area contributed by atoms with Gasteiger partial charge in [0.25, 0.3) is 0 Å². The molecule has 2 aromatic carbocycles. The molecule has 2 aromatic rings. The van der Waals surface area contributed by atoms with Crippen LogP contribution < -0.4 is 9.46 Å². The first-order chi connectivity index (χ1) is 11.2. The Hall–Kier alpha value is -1.92. The summed E-state index contributed by atoms with van der Waals surface area (Å²) in [6.45, 7) is 7.72. The van der Waals surface area contributed by atoms with Crippen LogP contribution in [-0.4, -0.2) is 15.5 Å². The van der Waals surface area contributed by atoms with Crippen LogP contribution in [0, 0.1) is 26.6 Å². The molecule has 1 atom stereocenters. The van der Waals surface area contributed by atoms with Crippen molar-refractivity contribution in [3.05, 3.63) is 58.4 Å². The van der Waals surface area contributed by atoms with Gasteiger partial charge in [0.05, 0.1) is 12.0 Å². The molecule has 0 aliphatic rings. The molecule has 24 heavy (non-hydrogen) atoms. The van der Waals surface area contributed by atoms with E-state index >= 15 is 0 Å². The third-order valence-electron chi connectivity index (χ3n) is 4.11. The molecule has 2 rings (SSSR count). The Bertz CT molecular complexity index is 863. The molecule has 0 radical (unpaired) electrons. The maximum absolute atomic E-state index is 13.8. The van der Waals surface area contributed by atoms with Crippen LogP contribution in [-0.2, 0) is 10.0 Å². The predicted molar refractivity (Wildman–Crippen MR) is 92.3 cm³/mol. The molecular weight excluding hydrogens is 329 g/mol. The summed E-state index contributed by atoms with van der Waals surface area (Å²) >= 11 is 0. The van der Waals surface area contributed by atoms with Crippen molar-refractivity contribution in [3.63, 3.8) is 0 Å². The third-order valence-corrected chi connectivity index (χ3v) is 5.65. The van der Waals surface area contributed by atoms with E-state index in [0.29, 0.717) is 0 Å². The summed E-state index contributed by atoms with van der Waals surface area (Å²) in [6, 6.07) is 7.16. The molecule has 130 valence electrons. The average Bonchev–Trinajstić information content (AvgIpc) is 2.50. The summed E-state index contributed by atoms with van der Waals surface area (Å²) < 4.78 is 46.2. The fourth-order valence-electron chi connectivity index (χ4n) is 2.63. The van der Waals surface area contributed by atoms with Gasteiger partial charge in [0.2, 0.25) is 10.0 Å². The Balaban J connectivity index is 2.32. The molecule has 4 nitrogen and oxygen atoms in total. The van der Waals surface area contributed by atoms with Gasteiger partial charge in [0.1, 0.15) is 0 Å². The number of benzene rings is 2. The van der Waals surface area contributed by atoms with Gasteiger partial charge in [-0.3, -0.25) is 0 Å². The van der Waals surface area contributed by atoms with E-state index in [1.54, 1.807) is 6.92 Å². The monoisotopic (exact) mass is 351 g/mol. The Morgan fingerprint density at radius 3 is 2.25 bits per heavy atom. The average molecular weight is 351 g/mol. The number of hydrogen-bond donors (Lipinski definition) is 1. The Kier molecular flexibility index (Phi) is 5.30. The molecule has 0 unspecified atom stereocenters. The second kappa shape index (κ2) is 6.91. The molecule has 0 saturated carbocycles. The first-order valence-electron chi connectivity index (χ1n) is 7.59. The zero-order valence-corrected chi connectivity index (χ0v) is 15.3. The highest BCUT2D eigenvalue weighted by molar-refractivity contribution is 7.89. The molecule has 0 aliphatic carbocycles. The van der Waals surface area contributed by atoms with Crippen LogP contribution in [0.3, 0.4) is 0 Å². The summed E-state index contributed by atoms with van der Waals surface area (Å²) in [5, 5.41) is 0. The fraction of sp³-hybridized carbons (Fsp3) is 0.333. The summed E-state index contributed by atoms with van der Waals surface area (Å²) in [4.78, 5) is -0.130. The summed E-state index contributed by atoms with van der Waals surface area (Å²) in [5.41, 5.74) is 4.16. The van der Waals surface area contributed by atoms with Crippen molar-refractivity contribution in [2.24, 2.45) is 0 Å². The number of hydrogen-bond acceptors (Lipinski definition) is 3. The summed E-state index contributed by atoms with van der Waals surface area (Å²) in [7, 11) is -2.51. The molecule has 0 bridgehead atoms. The van der Waals surface area contributed by atoms with Gasteiger partial charge in [-0.1, -0.05) is 12.1 Å². The predicted octanol–water partition coefficient (Wildman–Crippen LogP) is 3.80. The van der Waals surface area contributed by atoms with Crippen molar-refractivity contribution in [2.45, 2.75) is 38.6 Å². The lowest BCUT2D eigenvalue weighted by molar-refractivity contribution is 0.385. The SMILES string of the molecule is COc1ccc(S(=O)(=O)N[C@H](C)c2cc(C)c(C)cc2C)cc1F. The number of sulfonamides is 1.